The van der Waals surface area contributed by atoms with Crippen LogP contribution in [0.4, 0.5) is 5.69 Å². The van der Waals surface area contributed by atoms with Crippen molar-refractivity contribution in [2.24, 2.45) is 0 Å². The highest BCUT2D eigenvalue weighted by atomic mass is 16.6. The van der Waals surface area contributed by atoms with E-state index in [1.165, 1.54) is 0 Å². The Balaban J connectivity index is 1.72. The number of para-hydroxylation sites is 2. The van der Waals surface area contributed by atoms with Crippen molar-refractivity contribution in [2.75, 3.05) is 33.8 Å². The Kier molecular flexibility index (Phi) is 4.25. The fourth-order valence-electron chi connectivity index (χ4n) is 5.35. The monoisotopic (exact) mass is 444 g/mol. The molecule has 0 amide bonds. The average molecular weight is 444 g/mol. The number of rotatable bonds is 5. The van der Waals surface area contributed by atoms with E-state index in [-0.39, 0.29) is 0 Å². The van der Waals surface area contributed by atoms with Crippen molar-refractivity contribution in [1.82, 2.24) is 4.98 Å². The Hall–Kier alpha value is -3.84. The van der Waals surface area contributed by atoms with Gasteiger partial charge in [-0.1, -0.05) is 36.4 Å². The summed E-state index contributed by atoms with van der Waals surface area (Å²) in [6, 6.07) is 16.1. The second-order valence-corrected chi connectivity index (χ2v) is 8.05. The topological polar surface area (TPSA) is 74.0 Å². The van der Waals surface area contributed by atoms with Crippen LogP contribution in [0.2, 0.25) is 0 Å². The maximum atomic E-state index is 6.52. The van der Waals surface area contributed by atoms with E-state index in [1.807, 2.05) is 48.7 Å². The second-order valence-electron chi connectivity index (χ2n) is 8.05. The van der Waals surface area contributed by atoms with Gasteiger partial charge in [0.2, 0.25) is 6.23 Å². The van der Waals surface area contributed by atoms with E-state index >= 15 is 0 Å². The third kappa shape index (κ3) is 2.37. The van der Waals surface area contributed by atoms with Crippen molar-refractivity contribution in [1.29, 1.82) is 0 Å². The number of aromatic amines is 1. The largest absolute Gasteiger partial charge is 0.492 e. The average Bonchev–Trinajstić information content (AvgIpc) is 3.51. The summed E-state index contributed by atoms with van der Waals surface area (Å²) in [5, 5.41) is 4.49. The molecule has 0 bridgehead atoms. The molecule has 0 aliphatic carbocycles. The normalized spacial score (nSPS) is 19.9. The third-order valence-corrected chi connectivity index (χ3v) is 6.70. The van der Waals surface area contributed by atoms with Crippen LogP contribution < -0.4 is 24.3 Å². The van der Waals surface area contributed by atoms with Crippen LogP contribution in [0.3, 0.4) is 0 Å². The van der Waals surface area contributed by atoms with Crippen molar-refractivity contribution in [3.8, 4) is 34.1 Å². The predicted molar refractivity (Wildman–Crippen MR) is 126 cm³/mol. The fraction of sp³-hybridized carbons (Fsp3) is 0.231. The van der Waals surface area contributed by atoms with Crippen molar-refractivity contribution in [3.63, 3.8) is 0 Å². The van der Waals surface area contributed by atoms with Gasteiger partial charge in [-0.15, -0.1) is 0 Å². The third-order valence-electron chi connectivity index (χ3n) is 6.70. The number of nitrogens with one attached hydrogen (secondary N) is 2. The molecule has 3 heterocycles. The Morgan fingerprint density at radius 2 is 1.58 bits per heavy atom. The Bertz CT molecular complexity index is 1400. The first kappa shape index (κ1) is 19.8. The summed E-state index contributed by atoms with van der Waals surface area (Å²) < 4.78 is 30.7. The van der Waals surface area contributed by atoms with Crippen LogP contribution in [0.1, 0.15) is 11.1 Å². The Morgan fingerprint density at radius 1 is 0.848 bits per heavy atom. The van der Waals surface area contributed by atoms with Gasteiger partial charge in [-0.2, -0.15) is 0 Å². The molecule has 0 saturated heterocycles. The maximum absolute atomic E-state index is 6.52. The maximum Gasteiger partial charge on any atom is 0.208 e. The van der Waals surface area contributed by atoms with Gasteiger partial charge in [-0.25, -0.2) is 0 Å². The number of H-pyrrole nitrogens is 1. The zero-order valence-electron chi connectivity index (χ0n) is 18.8. The lowest BCUT2D eigenvalue weighted by molar-refractivity contribution is -0.0239. The van der Waals surface area contributed by atoms with E-state index < -0.39 is 11.8 Å². The van der Waals surface area contributed by atoms with E-state index in [2.05, 4.69) is 16.4 Å². The molecule has 6 rings (SSSR count). The molecule has 7 heteroatoms. The molecule has 0 fully saturated rings. The van der Waals surface area contributed by atoms with Crippen molar-refractivity contribution in [2.45, 2.75) is 11.8 Å². The molecule has 0 radical (unpaired) electrons. The summed E-state index contributed by atoms with van der Waals surface area (Å²) in [6.07, 6.45) is 1.47. The molecule has 0 spiro atoms. The molecule has 4 aromatic rings. The van der Waals surface area contributed by atoms with Gasteiger partial charge in [-0.05, 0) is 12.1 Å². The van der Waals surface area contributed by atoms with E-state index in [1.54, 1.807) is 28.4 Å². The van der Waals surface area contributed by atoms with E-state index in [0.29, 0.717) is 23.0 Å². The summed E-state index contributed by atoms with van der Waals surface area (Å²) in [5.41, 5.74) is 4.45. The predicted octanol–water partition coefficient (Wildman–Crippen LogP) is 4.89. The molecule has 33 heavy (non-hydrogen) atoms. The zero-order valence-corrected chi connectivity index (χ0v) is 18.8. The van der Waals surface area contributed by atoms with Crippen LogP contribution in [-0.4, -0.2) is 39.7 Å². The van der Waals surface area contributed by atoms with Crippen molar-refractivity contribution < 1.29 is 23.7 Å². The molecular weight excluding hydrogens is 420 g/mol. The van der Waals surface area contributed by atoms with Gasteiger partial charge in [-0.3, -0.25) is 0 Å². The van der Waals surface area contributed by atoms with Crippen LogP contribution in [-0.2, 0) is 10.3 Å². The molecule has 2 aliphatic rings. The first-order chi connectivity index (χ1) is 16.2. The van der Waals surface area contributed by atoms with Crippen LogP contribution in [0, 0.1) is 0 Å². The molecular formula is C26H24N2O5. The van der Waals surface area contributed by atoms with Crippen LogP contribution >= 0.6 is 0 Å². The molecule has 3 aromatic carbocycles. The molecule has 7 nitrogen and oxygen atoms in total. The van der Waals surface area contributed by atoms with Gasteiger partial charge >= 0.3 is 0 Å². The summed E-state index contributed by atoms with van der Waals surface area (Å²) in [6.45, 7) is 0. The summed E-state index contributed by atoms with van der Waals surface area (Å²) in [7, 11) is 6.59. The molecule has 168 valence electrons. The number of fused-ring (bicyclic) bond motifs is 6. The molecule has 2 N–H and O–H groups in total. The number of aromatic nitrogens is 1. The zero-order chi connectivity index (χ0) is 22.7. The molecule has 2 atom stereocenters. The molecule has 1 aromatic heterocycles. The number of ether oxygens (including phenoxy) is 5. The van der Waals surface area contributed by atoms with Gasteiger partial charge < -0.3 is 34.0 Å². The minimum absolute atomic E-state index is 0.486. The van der Waals surface area contributed by atoms with Crippen molar-refractivity contribution >= 4 is 16.6 Å². The minimum atomic E-state index is -0.920. The van der Waals surface area contributed by atoms with Crippen LogP contribution in [0.25, 0.3) is 22.0 Å². The van der Waals surface area contributed by atoms with Gasteiger partial charge in [0.25, 0.3) is 0 Å². The van der Waals surface area contributed by atoms with Gasteiger partial charge in [0.15, 0.2) is 28.6 Å². The lowest BCUT2D eigenvalue weighted by Gasteiger charge is -2.29. The second kappa shape index (κ2) is 7.08. The lowest BCUT2D eigenvalue weighted by atomic mass is 9.85. The van der Waals surface area contributed by atoms with Crippen LogP contribution in [0.5, 0.6) is 23.0 Å². The van der Waals surface area contributed by atoms with Crippen LogP contribution in [0.15, 0.2) is 54.7 Å². The number of hydrogen-bond donors (Lipinski definition) is 2. The number of anilines is 1. The Labute approximate surface area is 191 Å². The SMILES string of the molecule is COc1c(OC)c2c(c(OC)c1-c1c[nH]c3ccccc13)OC1Nc3ccccc3C21OC. The van der Waals surface area contributed by atoms with E-state index in [0.717, 1.165) is 38.8 Å². The summed E-state index contributed by atoms with van der Waals surface area (Å²) in [4.78, 5) is 3.34. The van der Waals surface area contributed by atoms with Gasteiger partial charge in [0.05, 0.1) is 32.5 Å². The summed E-state index contributed by atoms with van der Waals surface area (Å²) >= 11 is 0. The fourth-order valence-corrected chi connectivity index (χ4v) is 5.35. The first-order valence-corrected chi connectivity index (χ1v) is 10.7. The van der Waals surface area contributed by atoms with E-state index in [4.69, 9.17) is 23.7 Å². The Morgan fingerprint density at radius 3 is 2.33 bits per heavy atom. The van der Waals surface area contributed by atoms with E-state index in [9.17, 15) is 0 Å². The van der Waals surface area contributed by atoms with Crippen molar-refractivity contribution in [3.05, 3.63) is 65.9 Å². The number of hydrogen-bond acceptors (Lipinski definition) is 6. The van der Waals surface area contributed by atoms with Gasteiger partial charge in [0, 0.05) is 41.0 Å². The highest BCUT2D eigenvalue weighted by Gasteiger charge is 2.60. The highest BCUT2D eigenvalue weighted by molar-refractivity contribution is 6.01. The molecule has 0 saturated carbocycles. The highest BCUT2D eigenvalue weighted by Crippen LogP contribution is 2.64. The first-order valence-electron chi connectivity index (χ1n) is 10.7. The molecule has 2 aliphatic heterocycles. The number of methoxy groups -OCH3 is 4. The quantitative estimate of drug-likeness (QED) is 0.456. The lowest BCUT2D eigenvalue weighted by Crippen LogP contribution is -2.40. The smallest absolute Gasteiger partial charge is 0.208 e. The standard InChI is InChI=1S/C26H24N2O5/c1-29-21-19(15-13-27-17-11-7-5-9-14(15)17)22(30-2)24-20(23(21)31-3)26(32-4)16-10-6-8-12-18(16)28-25(26)33-24/h5-13,25,27-28H,1-4H3. The summed E-state index contributed by atoms with van der Waals surface area (Å²) in [5.74, 6) is 2.25. The van der Waals surface area contributed by atoms with Gasteiger partial charge in [0.1, 0.15) is 0 Å². The molecule has 2 unspecified atom stereocenters. The minimum Gasteiger partial charge on any atom is -0.492 e. The number of benzene rings is 3.